The van der Waals surface area contributed by atoms with Gasteiger partial charge in [0.05, 0.1) is 5.56 Å². The maximum atomic E-state index is 12.8. The summed E-state index contributed by atoms with van der Waals surface area (Å²) in [7, 11) is 1.60. The number of benzene rings is 1. The van der Waals surface area contributed by atoms with Crippen molar-refractivity contribution in [2.24, 2.45) is 0 Å². The highest BCUT2D eigenvalue weighted by atomic mass is 79.9. The summed E-state index contributed by atoms with van der Waals surface area (Å²) in [6, 6.07) is 3.53. The lowest BCUT2D eigenvalue weighted by Crippen LogP contribution is -2.44. The molecule has 0 aliphatic heterocycles. The van der Waals surface area contributed by atoms with Crippen LogP contribution in [0.25, 0.3) is 0 Å². The van der Waals surface area contributed by atoms with Crippen molar-refractivity contribution >= 4 is 21.8 Å². The highest BCUT2D eigenvalue weighted by Crippen LogP contribution is 2.35. The number of hydrogen-bond acceptors (Lipinski definition) is 1. The third-order valence-electron chi connectivity index (χ3n) is 3.60. The molecule has 1 aromatic carbocycles. The van der Waals surface area contributed by atoms with Crippen molar-refractivity contribution in [2.45, 2.75) is 38.9 Å². The number of carbonyl (C=O) groups is 1. The number of rotatable bonds is 3. The van der Waals surface area contributed by atoms with E-state index in [1.165, 1.54) is 17.0 Å². The normalized spacial score (nSPS) is 12.4. The Morgan fingerprint density at radius 3 is 2.30 bits per heavy atom. The molecule has 0 atom stereocenters. The van der Waals surface area contributed by atoms with Crippen LogP contribution in [0.1, 0.15) is 43.1 Å². The molecule has 0 unspecified atom stereocenters. The zero-order valence-electron chi connectivity index (χ0n) is 11.8. The molecule has 1 aromatic rings. The third kappa shape index (κ3) is 3.53. The van der Waals surface area contributed by atoms with Gasteiger partial charge >= 0.3 is 6.18 Å². The van der Waals surface area contributed by atoms with Crippen LogP contribution < -0.4 is 0 Å². The van der Waals surface area contributed by atoms with E-state index in [0.29, 0.717) is 6.42 Å². The van der Waals surface area contributed by atoms with Crippen LogP contribution in [-0.4, -0.2) is 23.4 Å². The summed E-state index contributed by atoms with van der Waals surface area (Å²) in [6.45, 7) is 5.66. The second-order valence-corrected chi connectivity index (χ2v) is 6.08. The summed E-state index contributed by atoms with van der Waals surface area (Å²) in [5.74, 6) is -0.421. The maximum absolute atomic E-state index is 12.8. The summed E-state index contributed by atoms with van der Waals surface area (Å²) in [6.07, 6.45) is -3.79. The highest BCUT2D eigenvalue weighted by Gasteiger charge is 2.34. The first-order chi connectivity index (χ1) is 9.00. The third-order valence-corrected chi connectivity index (χ3v) is 4.29. The van der Waals surface area contributed by atoms with E-state index in [9.17, 15) is 18.0 Å². The van der Waals surface area contributed by atoms with E-state index >= 15 is 0 Å². The number of halogens is 4. The van der Waals surface area contributed by atoms with Gasteiger partial charge in [0.2, 0.25) is 0 Å². The van der Waals surface area contributed by atoms with Crippen molar-refractivity contribution in [3.8, 4) is 0 Å². The van der Waals surface area contributed by atoms with Gasteiger partial charge in [0.25, 0.3) is 5.91 Å². The Hall–Kier alpha value is -1.04. The van der Waals surface area contributed by atoms with E-state index < -0.39 is 23.2 Å². The topological polar surface area (TPSA) is 20.3 Å². The summed E-state index contributed by atoms with van der Waals surface area (Å²) in [4.78, 5) is 13.8. The molecule has 0 saturated carbocycles. The van der Waals surface area contributed by atoms with Gasteiger partial charge in [-0.1, -0.05) is 22.9 Å². The fourth-order valence-electron chi connectivity index (χ4n) is 1.58. The SMILES string of the molecule is CCC(C)(C)N(C)C(=O)c1ccc(Br)c(C(F)(F)F)c1. The first-order valence-electron chi connectivity index (χ1n) is 6.15. The number of carbonyl (C=O) groups excluding carboxylic acids is 1. The number of hydrogen-bond donors (Lipinski definition) is 0. The lowest BCUT2D eigenvalue weighted by atomic mass is 9.98. The van der Waals surface area contributed by atoms with Gasteiger partial charge in [0, 0.05) is 22.6 Å². The zero-order chi connectivity index (χ0) is 15.7. The Bertz CT molecular complexity index is 512. The van der Waals surface area contributed by atoms with Gasteiger partial charge in [-0.25, -0.2) is 0 Å². The smallest absolute Gasteiger partial charge is 0.337 e. The van der Waals surface area contributed by atoms with Crippen molar-refractivity contribution in [3.63, 3.8) is 0 Å². The zero-order valence-corrected chi connectivity index (χ0v) is 13.4. The molecule has 0 N–H and O–H groups in total. The maximum Gasteiger partial charge on any atom is 0.417 e. The Balaban J connectivity index is 3.19. The van der Waals surface area contributed by atoms with Crippen molar-refractivity contribution in [3.05, 3.63) is 33.8 Å². The van der Waals surface area contributed by atoms with E-state index in [4.69, 9.17) is 0 Å². The molecule has 20 heavy (non-hydrogen) atoms. The minimum atomic E-state index is -4.49. The molecule has 0 radical (unpaired) electrons. The summed E-state index contributed by atoms with van der Waals surface area (Å²) in [5, 5.41) is 0. The van der Waals surface area contributed by atoms with E-state index in [-0.39, 0.29) is 10.0 Å². The molecule has 0 aromatic heterocycles. The van der Waals surface area contributed by atoms with Crippen molar-refractivity contribution < 1.29 is 18.0 Å². The van der Waals surface area contributed by atoms with Gasteiger partial charge in [0.1, 0.15) is 0 Å². The molecule has 1 amide bonds. The van der Waals surface area contributed by atoms with Gasteiger partial charge in [-0.2, -0.15) is 13.2 Å². The number of nitrogens with zero attached hydrogens (tertiary/aromatic N) is 1. The second kappa shape index (κ2) is 5.76. The summed E-state index contributed by atoms with van der Waals surface area (Å²) >= 11 is 2.86. The average Bonchev–Trinajstić information content (AvgIpc) is 2.36. The first-order valence-corrected chi connectivity index (χ1v) is 6.95. The average molecular weight is 352 g/mol. The lowest BCUT2D eigenvalue weighted by Gasteiger charge is -2.35. The molecule has 0 aliphatic rings. The predicted molar refractivity (Wildman–Crippen MR) is 75.6 cm³/mol. The molecule has 0 heterocycles. The van der Waals surface area contributed by atoms with Gasteiger partial charge in [-0.3, -0.25) is 4.79 Å². The molecular weight excluding hydrogens is 335 g/mol. The quantitative estimate of drug-likeness (QED) is 0.770. The van der Waals surface area contributed by atoms with Crippen LogP contribution in [0.4, 0.5) is 13.2 Å². The molecular formula is C14H17BrF3NO. The summed E-state index contributed by atoms with van der Waals surface area (Å²) < 4.78 is 38.4. The molecule has 6 heteroatoms. The predicted octanol–water partition coefficient (Wildman–Crippen LogP) is 4.73. The molecule has 0 fully saturated rings. The van der Waals surface area contributed by atoms with Crippen LogP contribution in [0.3, 0.4) is 0 Å². The lowest BCUT2D eigenvalue weighted by molar-refractivity contribution is -0.138. The molecule has 0 saturated heterocycles. The summed E-state index contributed by atoms with van der Waals surface area (Å²) in [5.41, 5.74) is -1.22. The largest absolute Gasteiger partial charge is 0.417 e. The molecule has 0 spiro atoms. The molecule has 0 aliphatic carbocycles. The minimum absolute atomic E-state index is 0.0320. The standard InChI is InChI=1S/C14H17BrF3NO/c1-5-13(2,3)19(4)12(20)9-6-7-11(15)10(8-9)14(16,17)18/h6-8H,5H2,1-4H3. The molecule has 0 bridgehead atoms. The fraction of sp³-hybridized carbons (Fsp3) is 0.500. The van der Waals surface area contributed by atoms with Crippen LogP contribution in [0.15, 0.2) is 22.7 Å². The van der Waals surface area contributed by atoms with Crippen LogP contribution in [-0.2, 0) is 6.18 Å². The van der Waals surface area contributed by atoms with E-state index in [1.807, 2.05) is 20.8 Å². The molecule has 2 nitrogen and oxygen atoms in total. The molecule has 1 rings (SSSR count). The highest BCUT2D eigenvalue weighted by molar-refractivity contribution is 9.10. The molecule has 112 valence electrons. The number of alkyl halides is 3. The minimum Gasteiger partial charge on any atom is -0.337 e. The van der Waals surface area contributed by atoms with Gasteiger partial charge < -0.3 is 4.90 Å². The van der Waals surface area contributed by atoms with Crippen LogP contribution in [0.2, 0.25) is 0 Å². The van der Waals surface area contributed by atoms with E-state index in [2.05, 4.69) is 15.9 Å². The van der Waals surface area contributed by atoms with Gasteiger partial charge in [-0.05, 0) is 38.5 Å². The Morgan fingerprint density at radius 1 is 1.30 bits per heavy atom. The monoisotopic (exact) mass is 351 g/mol. The van der Waals surface area contributed by atoms with Crippen LogP contribution in [0.5, 0.6) is 0 Å². The Kier molecular flexibility index (Phi) is 4.90. The Morgan fingerprint density at radius 2 is 1.85 bits per heavy atom. The number of amides is 1. The van der Waals surface area contributed by atoms with E-state index in [1.54, 1.807) is 7.05 Å². The fourth-order valence-corrected chi connectivity index (χ4v) is 2.05. The first kappa shape index (κ1) is 17.0. The van der Waals surface area contributed by atoms with E-state index in [0.717, 1.165) is 6.07 Å². The van der Waals surface area contributed by atoms with Crippen LogP contribution in [0, 0.1) is 0 Å². The van der Waals surface area contributed by atoms with Gasteiger partial charge in [0.15, 0.2) is 0 Å². The second-order valence-electron chi connectivity index (χ2n) is 5.22. The van der Waals surface area contributed by atoms with Gasteiger partial charge in [-0.15, -0.1) is 0 Å². The van der Waals surface area contributed by atoms with Crippen molar-refractivity contribution in [2.75, 3.05) is 7.05 Å². The Labute approximate surface area is 125 Å². The van der Waals surface area contributed by atoms with Crippen molar-refractivity contribution in [1.82, 2.24) is 4.90 Å². The van der Waals surface area contributed by atoms with Crippen LogP contribution >= 0.6 is 15.9 Å². The van der Waals surface area contributed by atoms with Crippen molar-refractivity contribution in [1.29, 1.82) is 0 Å².